The number of aromatic nitrogens is 2. The van der Waals surface area contributed by atoms with Crippen LogP contribution in [-0.4, -0.2) is 51.0 Å². The van der Waals surface area contributed by atoms with E-state index in [2.05, 4.69) is 15.3 Å². The SMILES string of the molecule is CC(C)C(NCc1ccnc2[nH]cc(C(=O)O)c12)C(=O)N1CCCC1. The Morgan fingerprint density at radius 2 is 2.08 bits per heavy atom. The summed E-state index contributed by atoms with van der Waals surface area (Å²) < 4.78 is 0. The van der Waals surface area contributed by atoms with Crippen molar-refractivity contribution < 1.29 is 14.7 Å². The Balaban J connectivity index is 1.81. The van der Waals surface area contributed by atoms with Gasteiger partial charge in [0.05, 0.1) is 11.6 Å². The number of aromatic amines is 1. The Hall–Kier alpha value is -2.41. The number of carboxylic acids is 1. The number of hydrogen-bond donors (Lipinski definition) is 3. The zero-order chi connectivity index (χ0) is 18.0. The van der Waals surface area contributed by atoms with E-state index in [4.69, 9.17) is 0 Å². The van der Waals surface area contributed by atoms with Gasteiger partial charge in [-0.1, -0.05) is 13.8 Å². The number of H-pyrrole nitrogens is 1. The Labute approximate surface area is 146 Å². The van der Waals surface area contributed by atoms with Crippen molar-refractivity contribution in [2.24, 2.45) is 5.92 Å². The second-order valence-electron chi connectivity index (χ2n) is 6.84. The quantitative estimate of drug-likeness (QED) is 0.744. The summed E-state index contributed by atoms with van der Waals surface area (Å²) in [7, 11) is 0. The van der Waals surface area contributed by atoms with Crippen molar-refractivity contribution in [3.63, 3.8) is 0 Å². The van der Waals surface area contributed by atoms with Crippen molar-refractivity contribution in [3.8, 4) is 0 Å². The zero-order valence-electron chi connectivity index (χ0n) is 14.6. The van der Waals surface area contributed by atoms with E-state index in [1.807, 2.05) is 18.7 Å². The molecule has 1 atom stereocenters. The van der Waals surface area contributed by atoms with Crippen molar-refractivity contribution in [1.82, 2.24) is 20.2 Å². The topological polar surface area (TPSA) is 98.3 Å². The highest BCUT2D eigenvalue weighted by atomic mass is 16.4. The maximum Gasteiger partial charge on any atom is 0.337 e. The highest BCUT2D eigenvalue weighted by molar-refractivity contribution is 6.03. The maximum absolute atomic E-state index is 12.7. The van der Waals surface area contributed by atoms with Gasteiger partial charge in [-0.2, -0.15) is 0 Å². The van der Waals surface area contributed by atoms with Crippen molar-refractivity contribution in [2.75, 3.05) is 13.1 Å². The number of hydrogen-bond acceptors (Lipinski definition) is 4. The molecule has 7 nitrogen and oxygen atoms in total. The van der Waals surface area contributed by atoms with Crippen molar-refractivity contribution in [2.45, 2.75) is 39.3 Å². The lowest BCUT2D eigenvalue weighted by molar-refractivity contribution is -0.133. The molecule has 0 saturated carbocycles. The summed E-state index contributed by atoms with van der Waals surface area (Å²) in [4.78, 5) is 33.2. The molecule has 0 aliphatic carbocycles. The predicted octanol–water partition coefficient (Wildman–Crippen LogP) is 2.00. The molecule has 25 heavy (non-hydrogen) atoms. The number of pyridine rings is 1. The number of carbonyl (C=O) groups is 2. The number of rotatable bonds is 6. The molecule has 3 heterocycles. The first-order chi connectivity index (χ1) is 12.0. The Morgan fingerprint density at radius 1 is 1.36 bits per heavy atom. The molecule has 7 heteroatoms. The third-order valence-electron chi connectivity index (χ3n) is 4.75. The number of likely N-dealkylation sites (tertiary alicyclic amines) is 1. The Morgan fingerprint density at radius 3 is 2.72 bits per heavy atom. The summed E-state index contributed by atoms with van der Waals surface area (Å²) in [6.45, 7) is 6.10. The predicted molar refractivity (Wildman–Crippen MR) is 94.3 cm³/mol. The van der Waals surface area contributed by atoms with Gasteiger partial charge in [-0.25, -0.2) is 9.78 Å². The summed E-state index contributed by atoms with van der Waals surface area (Å²) in [6.07, 6.45) is 5.23. The number of amides is 1. The number of carbonyl (C=O) groups excluding carboxylic acids is 1. The molecule has 2 aromatic heterocycles. The van der Waals surface area contributed by atoms with Gasteiger partial charge in [0, 0.05) is 37.4 Å². The van der Waals surface area contributed by atoms with Crippen LogP contribution in [0, 0.1) is 5.92 Å². The van der Waals surface area contributed by atoms with Gasteiger partial charge < -0.3 is 20.3 Å². The molecule has 0 radical (unpaired) electrons. The summed E-state index contributed by atoms with van der Waals surface area (Å²) in [5, 5.41) is 13.3. The summed E-state index contributed by atoms with van der Waals surface area (Å²) >= 11 is 0. The standard InChI is InChI=1S/C18H24N4O3/c1-11(2)15(17(23)22-7-3-4-8-22)20-9-12-5-6-19-16-14(12)13(10-21-16)18(24)25/h5-6,10-11,15,20H,3-4,7-9H2,1-2H3,(H,19,21)(H,24,25). The molecule has 0 aromatic carbocycles. The minimum atomic E-state index is -0.992. The normalized spacial score (nSPS) is 15.9. The van der Waals surface area contributed by atoms with Gasteiger partial charge in [0.2, 0.25) is 5.91 Å². The van der Waals surface area contributed by atoms with Gasteiger partial charge in [-0.05, 0) is 30.4 Å². The van der Waals surface area contributed by atoms with Crippen LogP contribution in [0.15, 0.2) is 18.5 Å². The highest BCUT2D eigenvalue weighted by Gasteiger charge is 2.28. The van der Waals surface area contributed by atoms with Crippen molar-refractivity contribution >= 4 is 22.9 Å². The largest absolute Gasteiger partial charge is 0.478 e. The maximum atomic E-state index is 12.7. The molecule has 1 amide bonds. The van der Waals surface area contributed by atoms with E-state index < -0.39 is 5.97 Å². The second kappa shape index (κ2) is 7.23. The minimum absolute atomic E-state index is 0.130. The zero-order valence-corrected chi connectivity index (χ0v) is 14.6. The minimum Gasteiger partial charge on any atom is -0.478 e. The molecule has 2 aromatic rings. The molecule has 134 valence electrons. The van der Waals surface area contributed by atoms with E-state index >= 15 is 0 Å². The molecular weight excluding hydrogens is 320 g/mol. The van der Waals surface area contributed by atoms with Crippen LogP contribution in [0.4, 0.5) is 0 Å². The second-order valence-corrected chi connectivity index (χ2v) is 6.84. The number of fused-ring (bicyclic) bond motifs is 1. The number of carboxylic acid groups (broad SMARTS) is 1. The van der Waals surface area contributed by atoms with E-state index in [-0.39, 0.29) is 23.4 Å². The molecular formula is C18H24N4O3. The molecule has 3 rings (SSSR count). The molecule has 1 unspecified atom stereocenters. The molecule has 1 fully saturated rings. The van der Waals surface area contributed by atoms with Gasteiger partial charge in [-0.15, -0.1) is 0 Å². The van der Waals surface area contributed by atoms with E-state index in [1.165, 1.54) is 6.20 Å². The number of aromatic carboxylic acids is 1. The average Bonchev–Trinajstić information content (AvgIpc) is 3.24. The van der Waals surface area contributed by atoms with E-state index in [1.54, 1.807) is 12.3 Å². The molecule has 1 saturated heterocycles. The van der Waals surface area contributed by atoms with Crippen LogP contribution in [0.25, 0.3) is 11.0 Å². The van der Waals surface area contributed by atoms with Crippen LogP contribution in [0.1, 0.15) is 42.6 Å². The molecule has 1 aliphatic rings. The fraction of sp³-hybridized carbons (Fsp3) is 0.500. The third-order valence-corrected chi connectivity index (χ3v) is 4.75. The Kier molecular flexibility index (Phi) is 5.03. The van der Waals surface area contributed by atoms with Crippen molar-refractivity contribution in [3.05, 3.63) is 29.6 Å². The van der Waals surface area contributed by atoms with Gasteiger partial charge in [-0.3, -0.25) is 4.79 Å². The van der Waals surface area contributed by atoms with Crippen LogP contribution in [0.3, 0.4) is 0 Å². The van der Waals surface area contributed by atoms with Crippen LogP contribution in [-0.2, 0) is 11.3 Å². The average molecular weight is 344 g/mol. The van der Waals surface area contributed by atoms with Crippen LogP contribution >= 0.6 is 0 Å². The van der Waals surface area contributed by atoms with Gasteiger partial charge >= 0.3 is 5.97 Å². The monoisotopic (exact) mass is 344 g/mol. The lowest BCUT2D eigenvalue weighted by Gasteiger charge is -2.27. The summed E-state index contributed by atoms with van der Waals surface area (Å²) in [5.41, 5.74) is 1.57. The molecule has 0 bridgehead atoms. The fourth-order valence-corrected chi connectivity index (χ4v) is 3.40. The first-order valence-corrected chi connectivity index (χ1v) is 8.69. The van der Waals surface area contributed by atoms with Crippen molar-refractivity contribution in [1.29, 1.82) is 0 Å². The van der Waals surface area contributed by atoms with Gasteiger partial charge in [0.15, 0.2) is 0 Å². The van der Waals surface area contributed by atoms with Gasteiger partial charge in [0.1, 0.15) is 5.65 Å². The summed E-state index contributed by atoms with van der Waals surface area (Å²) in [5.74, 6) is -0.713. The van der Waals surface area contributed by atoms with E-state index in [9.17, 15) is 14.7 Å². The fourth-order valence-electron chi connectivity index (χ4n) is 3.40. The number of nitrogens with one attached hydrogen (secondary N) is 2. The lowest BCUT2D eigenvalue weighted by Crippen LogP contribution is -2.48. The molecule has 1 aliphatic heterocycles. The highest BCUT2D eigenvalue weighted by Crippen LogP contribution is 2.22. The lowest BCUT2D eigenvalue weighted by atomic mass is 10.0. The third kappa shape index (κ3) is 3.51. The van der Waals surface area contributed by atoms with E-state index in [0.29, 0.717) is 17.6 Å². The first-order valence-electron chi connectivity index (χ1n) is 8.69. The molecule has 0 spiro atoms. The van der Waals surface area contributed by atoms with Crippen LogP contribution < -0.4 is 5.32 Å². The number of nitrogens with zero attached hydrogens (tertiary/aromatic N) is 2. The van der Waals surface area contributed by atoms with Crippen LogP contribution in [0.5, 0.6) is 0 Å². The van der Waals surface area contributed by atoms with Crippen LogP contribution in [0.2, 0.25) is 0 Å². The van der Waals surface area contributed by atoms with E-state index in [0.717, 1.165) is 31.5 Å². The summed E-state index contributed by atoms with van der Waals surface area (Å²) in [6, 6.07) is 1.52. The molecule has 3 N–H and O–H groups in total. The smallest absolute Gasteiger partial charge is 0.337 e. The first kappa shape index (κ1) is 17.4. The van der Waals surface area contributed by atoms with Gasteiger partial charge in [0.25, 0.3) is 0 Å². The Bertz CT molecular complexity index is 778.